The molecule has 0 spiro atoms. The number of hydrogen-bond donors (Lipinski definition) is 0. The molecule has 0 N–H and O–H groups in total. The van der Waals surface area contributed by atoms with Crippen molar-refractivity contribution in [2.75, 3.05) is 13.2 Å². The van der Waals surface area contributed by atoms with Gasteiger partial charge in [-0.3, -0.25) is 0 Å². The molecule has 0 aliphatic rings. The molecule has 0 radical (unpaired) electrons. The van der Waals surface area contributed by atoms with Gasteiger partial charge in [0.2, 0.25) is 0 Å². The Kier molecular flexibility index (Phi) is 19.1. The first-order valence-corrected chi connectivity index (χ1v) is 9.85. The van der Waals surface area contributed by atoms with Crippen LogP contribution in [0.25, 0.3) is 0 Å². The Morgan fingerprint density at radius 2 is 1.33 bits per heavy atom. The molecule has 0 unspecified atom stereocenters. The maximum absolute atomic E-state index is 5.56. The van der Waals surface area contributed by atoms with Crippen molar-refractivity contribution in [1.82, 2.24) is 0 Å². The molecule has 0 aromatic rings. The topological polar surface area (TPSA) is 18.5 Å². The summed E-state index contributed by atoms with van der Waals surface area (Å²) in [6.45, 7) is 9.10. The maximum Gasteiger partial charge on any atom is 0.157 e. The highest BCUT2D eigenvalue weighted by Crippen LogP contribution is 2.13. The molecule has 2 nitrogen and oxygen atoms in total. The standard InChI is InChI=1S/C22H38O2/c1-4-7-8-9-10-11-12-13-14-15-16-17-18-19-20-21-22(23-5-2)24-6-3/h4,9-10,22H,1,5-6,11-21H2,2-3H3/b10-9+. The zero-order valence-corrected chi connectivity index (χ0v) is 16.0. The molecule has 24 heavy (non-hydrogen) atoms. The second kappa shape index (κ2) is 20.0. The molecule has 0 aliphatic carbocycles. The van der Waals surface area contributed by atoms with Crippen molar-refractivity contribution >= 4 is 0 Å². The van der Waals surface area contributed by atoms with Gasteiger partial charge in [-0.1, -0.05) is 69.4 Å². The molecule has 138 valence electrons. The fourth-order valence-electron chi connectivity index (χ4n) is 2.65. The molecule has 2 heteroatoms. The zero-order valence-electron chi connectivity index (χ0n) is 16.0. The van der Waals surface area contributed by atoms with Crippen LogP contribution in [0, 0.1) is 11.8 Å². The molecule has 0 aromatic carbocycles. The molecule has 0 rings (SSSR count). The van der Waals surface area contributed by atoms with E-state index in [0.29, 0.717) is 0 Å². The smallest absolute Gasteiger partial charge is 0.157 e. The van der Waals surface area contributed by atoms with Gasteiger partial charge in [0, 0.05) is 13.2 Å². The molecule has 0 aliphatic heterocycles. The van der Waals surface area contributed by atoms with Crippen LogP contribution in [-0.2, 0) is 9.47 Å². The van der Waals surface area contributed by atoms with E-state index in [2.05, 4.69) is 24.5 Å². The van der Waals surface area contributed by atoms with Crippen LogP contribution in [-0.4, -0.2) is 19.5 Å². The molecule has 0 heterocycles. The fourth-order valence-corrected chi connectivity index (χ4v) is 2.65. The summed E-state index contributed by atoms with van der Waals surface area (Å²) in [6, 6.07) is 0. The minimum absolute atomic E-state index is 0.0109. The SMILES string of the molecule is C=CC#C/C=C/CCCCCCCCCCCC(OCC)OCC. The summed E-state index contributed by atoms with van der Waals surface area (Å²) in [5, 5.41) is 0. The maximum atomic E-state index is 5.56. The second-order valence-corrected chi connectivity index (χ2v) is 5.99. The van der Waals surface area contributed by atoms with Crippen molar-refractivity contribution in [1.29, 1.82) is 0 Å². The fraction of sp³-hybridized carbons (Fsp3) is 0.727. The highest BCUT2D eigenvalue weighted by molar-refractivity contribution is 5.21. The van der Waals surface area contributed by atoms with Gasteiger partial charge in [-0.25, -0.2) is 0 Å². The predicted molar refractivity (Wildman–Crippen MR) is 105 cm³/mol. The van der Waals surface area contributed by atoms with Crippen LogP contribution < -0.4 is 0 Å². The summed E-state index contributed by atoms with van der Waals surface area (Å²) in [4.78, 5) is 0. The van der Waals surface area contributed by atoms with E-state index in [1.807, 2.05) is 19.9 Å². The van der Waals surface area contributed by atoms with Crippen molar-refractivity contribution in [2.45, 2.75) is 90.8 Å². The minimum atomic E-state index is 0.0109. The van der Waals surface area contributed by atoms with E-state index >= 15 is 0 Å². The van der Waals surface area contributed by atoms with Gasteiger partial charge in [-0.05, 0) is 51.7 Å². The van der Waals surface area contributed by atoms with Gasteiger partial charge in [0.05, 0.1) is 0 Å². The summed E-state index contributed by atoms with van der Waals surface area (Å²) in [6.07, 6.45) is 19.9. The van der Waals surface area contributed by atoms with Gasteiger partial charge in [0.1, 0.15) is 0 Å². The Labute approximate surface area is 150 Å². The molecular weight excluding hydrogens is 296 g/mol. The first-order valence-electron chi connectivity index (χ1n) is 9.85. The molecule has 0 fully saturated rings. The van der Waals surface area contributed by atoms with Crippen molar-refractivity contribution in [2.24, 2.45) is 0 Å². The quantitative estimate of drug-likeness (QED) is 0.184. The van der Waals surface area contributed by atoms with Crippen LogP contribution in [0.1, 0.15) is 84.5 Å². The van der Waals surface area contributed by atoms with E-state index in [-0.39, 0.29) is 6.29 Å². The zero-order chi connectivity index (χ0) is 17.7. The molecular formula is C22H38O2. The Hall–Kier alpha value is -1.04. The molecule has 0 bridgehead atoms. The third-order valence-electron chi connectivity index (χ3n) is 3.90. The highest BCUT2D eigenvalue weighted by Gasteiger charge is 2.06. The van der Waals surface area contributed by atoms with Gasteiger partial charge in [0.15, 0.2) is 6.29 Å². The van der Waals surface area contributed by atoms with E-state index in [4.69, 9.17) is 9.47 Å². The van der Waals surface area contributed by atoms with E-state index in [1.165, 1.54) is 57.8 Å². The third-order valence-corrected chi connectivity index (χ3v) is 3.90. The molecule has 0 saturated carbocycles. The van der Waals surface area contributed by atoms with Gasteiger partial charge in [-0.15, -0.1) is 0 Å². The Bertz CT molecular complexity index is 343. The van der Waals surface area contributed by atoms with Crippen molar-refractivity contribution in [3.63, 3.8) is 0 Å². The summed E-state index contributed by atoms with van der Waals surface area (Å²) in [5.41, 5.74) is 0. The van der Waals surface area contributed by atoms with Gasteiger partial charge in [0.25, 0.3) is 0 Å². The number of allylic oxidation sites excluding steroid dienone is 3. The van der Waals surface area contributed by atoms with E-state index < -0.39 is 0 Å². The lowest BCUT2D eigenvalue weighted by molar-refractivity contribution is -0.140. The lowest BCUT2D eigenvalue weighted by Crippen LogP contribution is -2.17. The Balaban J connectivity index is 3.27. The molecule has 0 amide bonds. The number of unbranched alkanes of at least 4 members (excludes halogenated alkanes) is 9. The van der Waals surface area contributed by atoms with Gasteiger partial charge in [-0.2, -0.15) is 0 Å². The number of rotatable bonds is 16. The highest BCUT2D eigenvalue weighted by atomic mass is 16.7. The van der Waals surface area contributed by atoms with E-state index in [1.54, 1.807) is 6.08 Å². The predicted octanol–water partition coefficient (Wildman–Crippen LogP) is 6.42. The van der Waals surface area contributed by atoms with Crippen LogP contribution in [0.3, 0.4) is 0 Å². The van der Waals surface area contributed by atoms with Crippen LogP contribution >= 0.6 is 0 Å². The summed E-state index contributed by atoms with van der Waals surface area (Å²) in [7, 11) is 0. The lowest BCUT2D eigenvalue weighted by Gasteiger charge is -2.16. The number of ether oxygens (including phenoxy) is 2. The average molecular weight is 335 g/mol. The van der Waals surface area contributed by atoms with Crippen LogP contribution in [0.2, 0.25) is 0 Å². The first-order chi connectivity index (χ1) is 11.8. The lowest BCUT2D eigenvalue weighted by atomic mass is 10.1. The van der Waals surface area contributed by atoms with Crippen molar-refractivity contribution < 1.29 is 9.47 Å². The first kappa shape index (κ1) is 23.0. The van der Waals surface area contributed by atoms with Crippen LogP contribution in [0.4, 0.5) is 0 Å². The minimum Gasteiger partial charge on any atom is -0.353 e. The average Bonchev–Trinajstić information content (AvgIpc) is 2.58. The summed E-state index contributed by atoms with van der Waals surface area (Å²) < 4.78 is 11.1. The Morgan fingerprint density at radius 1 is 0.792 bits per heavy atom. The normalized spacial score (nSPS) is 11.0. The molecule has 0 aromatic heterocycles. The third kappa shape index (κ3) is 17.3. The van der Waals surface area contributed by atoms with Crippen LogP contribution in [0.5, 0.6) is 0 Å². The molecule has 0 atom stereocenters. The van der Waals surface area contributed by atoms with E-state index in [0.717, 1.165) is 26.1 Å². The van der Waals surface area contributed by atoms with Gasteiger partial charge >= 0.3 is 0 Å². The summed E-state index contributed by atoms with van der Waals surface area (Å²) in [5.74, 6) is 5.75. The van der Waals surface area contributed by atoms with Crippen LogP contribution in [0.15, 0.2) is 24.8 Å². The second-order valence-electron chi connectivity index (χ2n) is 5.99. The Morgan fingerprint density at radius 3 is 1.88 bits per heavy atom. The molecule has 0 saturated heterocycles. The largest absolute Gasteiger partial charge is 0.353 e. The number of hydrogen-bond acceptors (Lipinski definition) is 2. The monoisotopic (exact) mass is 334 g/mol. The van der Waals surface area contributed by atoms with E-state index in [9.17, 15) is 0 Å². The van der Waals surface area contributed by atoms with Crippen molar-refractivity contribution in [3.05, 3.63) is 24.8 Å². The van der Waals surface area contributed by atoms with Crippen molar-refractivity contribution in [3.8, 4) is 11.8 Å². The summed E-state index contributed by atoms with van der Waals surface area (Å²) >= 11 is 0. The van der Waals surface area contributed by atoms with Gasteiger partial charge < -0.3 is 9.47 Å².